The lowest BCUT2D eigenvalue weighted by molar-refractivity contribution is -0.135. The highest BCUT2D eigenvalue weighted by Crippen LogP contribution is 2.40. The lowest BCUT2D eigenvalue weighted by atomic mass is 9.71. The molecule has 2 atom stereocenters. The molecule has 2 amide bonds. The zero-order chi connectivity index (χ0) is 28.1. The minimum Gasteiger partial charge on any atom is -0.465 e. The minimum absolute atomic E-state index is 0.0180. The van der Waals surface area contributed by atoms with Gasteiger partial charge in [0.15, 0.2) is 0 Å². The smallest absolute Gasteiger partial charge is 0.407 e. The number of amides is 2. The van der Waals surface area contributed by atoms with Gasteiger partial charge in [0.05, 0.1) is 24.2 Å². The van der Waals surface area contributed by atoms with E-state index < -0.39 is 41.6 Å². The summed E-state index contributed by atoms with van der Waals surface area (Å²) in [5, 5.41) is 16.6. The Morgan fingerprint density at radius 2 is 1.97 bits per heavy atom. The quantitative estimate of drug-likeness (QED) is 0.364. The highest BCUT2D eigenvalue weighted by Gasteiger charge is 2.52. The molecule has 0 saturated carbocycles. The zero-order valence-corrected chi connectivity index (χ0v) is 21.3. The Labute approximate surface area is 220 Å². The van der Waals surface area contributed by atoms with Gasteiger partial charge in [0.1, 0.15) is 11.5 Å². The monoisotopic (exact) mass is 542 g/mol. The van der Waals surface area contributed by atoms with Gasteiger partial charge >= 0.3 is 12.5 Å². The summed E-state index contributed by atoms with van der Waals surface area (Å²) in [6, 6.07) is 8.21. The first-order chi connectivity index (χ1) is 18.4. The Balaban J connectivity index is 1.46. The molecule has 2 unspecified atom stereocenters. The molecule has 0 radical (unpaired) electrons. The van der Waals surface area contributed by atoms with Crippen molar-refractivity contribution < 1.29 is 32.3 Å². The fraction of sp³-hybridized carbons (Fsp3) is 0.346. The summed E-state index contributed by atoms with van der Waals surface area (Å²) in [5.74, 6) is -2.38. The molecule has 0 spiro atoms. The maximum atomic E-state index is 14.2. The van der Waals surface area contributed by atoms with Crippen molar-refractivity contribution in [2.75, 3.05) is 11.4 Å². The van der Waals surface area contributed by atoms with Crippen LogP contribution in [0.4, 0.5) is 23.7 Å². The van der Waals surface area contributed by atoms with Gasteiger partial charge in [-0.15, -0.1) is 10.2 Å². The molecule has 39 heavy (non-hydrogen) atoms. The van der Waals surface area contributed by atoms with E-state index in [0.29, 0.717) is 22.6 Å². The number of hydrogen-bond acceptors (Lipinski definition) is 6. The van der Waals surface area contributed by atoms with E-state index in [1.165, 1.54) is 28.0 Å². The topological polar surface area (TPSA) is 117 Å². The van der Waals surface area contributed by atoms with Crippen LogP contribution >= 0.6 is 0 Å². The Hall–Kier alpha value is -4.42. The maximum Gasteiger partial charge on any atom is 0.407 e. The van der Waals surface area contributed by atoms with E-state index in [1.54, 1.807) is 35.0 Å². The first kappa shape index (κ1) is 26.2. The normalized spacial score (nSPS) is 17.5. The average Bonchev–Trinajstić information content (AvgIpc) is 3.47. The van der Waals surface area contributed by atoms with Gasteiger partial charge in [0.2, 0.25) is 11.8 Å². The third kappa shape index (κ3) is 5.03. The third-order valence-corrected chi connectivity index (χ3v) is 6.65. The maximum absolute atomic E-state index is 14.2. The highest BCUT2D eigenvalue weighted by molar-refractivity contribution is 5.97. The molecule has 1 aliphatic heterocycles. The number of nitrogens with zero attached hydrogens (tertiary/aromatic N) is 6. The van der Waals surface area contributed by atoms with Crippen molar-refractivity contribution in [3.63, 3.8) is 0 Å². The molecule has 13 heteroatoms. The van der Waals surface area contributed by atoms with Crippen molar-refractivity contribution in [1.82, 2.24) is 24.5 Å². The van der Waals surface area contributed by atoms with Crippen LogP contribution in [-0.2, 0) is 11.3 Å². The molecular weight excluding hydrogens is 517 g/mol. The molecule has 3 aromatic heterocycles. The van der Waals surface area contributed by atoms with E-state index in [9.17, 15) is 27.9 Å². The largest absolute Gasteiger partial charge is 0.465 e. The summed E-state index contributed by atoms with van der Waals surface area (Å²) >= 11 is 0. The highest BCUT2D eigenvalue weighted by atomic mass is 19.3. The minimum atomic E-state index is -2.89. The van der Waals surface area contributed by atoms with E-state index >= 15 is 0 Å². The molecule has 0 bridgehead atoms. The van der Waals surface area contributed by atoms with E-state index in [2.05, 4.69) is 15.2 Å². The number of fused-ring (bicyclic) bond motifs is 1. The first-order valence-corrected chi connectivity index (χ1v) is 12.1. The van der Waals surface area contributed by atoms with E-state index in [-0.39, 0.29) is 24.9 Å². The Morgan fingerprint density at radius 3 is 2.62 bits per heavy atom. The molecule has 1 aromatic carbocycles. The number of imidazole rings is 1. The van der Waals surface area contributed by atoms with Crippen LogP contribution in [0.2, 0.25) is 0 Å². The van der Waals surface area contributed by atoms with Gasteiger partial charge in [0, 0.05) is 30.2 Å². The summed E-state index contributed by atoms with van der Waals surface area (Å²) < 4.78 is 46.5. The number of likely N-dealkylation sites (tertiary alicyclic amines) is 1. The van der Waals surface area contributed by atoms with Gasteiger partial charge in [-0.25, -0.2) is 14.2 Å². The standard InChI is InChI=1S/C26H25F3N6O4/c1-26(2,3)20-18(13-35(20)25(37)38)24(36)34(17-6-4-5-15(27)10-17)12-16-11-33-8-7-14(9-19(33)30-16)22-31-32-23(39-22)21(28)29/h4-11,18,20-21H,12-13H2,1-3H3,(H,37,38). The van der Waals surface area contributed by atoms with Crippen molar-refractivity contribution in [3.05, 3.63) is 66.2 Å². The number of carbonyl (C=O) groups is 2. The molecule has 1 saturated heterocycles. The molecule has 4 aromatic rings. The number of pyridine rings is 1. The summed E-state index contributed by atoms with van der Waals surface area (Å²) in [6.45, 7) is 5.61. The van der Waals surface area contributed by atoms with Crippen molar-refractivity contribution >= 4 is 23.3 Å². The Kier molecular flexibility index (Phi) is 6.52. The van der Waals surface area contributed by atoms with Crippen LogP contribution in [0, 0.1) is 17.2 Å². The summed E-state index contributed by atoms with van der Waals surface area (Å²) in [6.07, 6.45) is -0.679. The van der Waals surface area contributed by atoms with Gasteiger partial charge in [-0.05, 0) is 35.7 Å². The number of anilines is 1. The Morgan fingerprint density at radius 1 is 1.21 bits per heavy atom. The summed E-state index contributed by atoms with van der Waals surface area (Å²) in [5.41, 5.74) is 1.07. The second-order valence-corrected chi connectivity index (χ2v) is 10.4. The molecule has 1 fully saturated rings. The average molecular weight is 543 g/mol. The van der Waals surface area contributed by atoms with Gasteiger partial charge in [-0.2, -0.15) is 8.78 Å². The van der Waals surface area contributed by atoms with E-state index in [0.717, 1.165) is 0 Å². The molecule has 4 heterocycles. The van der Waals surface area contributed by atoms with E-state index in [4.69, 9.17) is 4.42 Å². The summed E-state index contributed by atoms with van der Waals surface area (Å²) in [4.78, 5) is 32.8. The van der Waals surface area contributed by atoms with Crippen LogP contribution in [0.15, 0.2) is 53.2 Å². The lowest BCUT2D eigenvalue weighted by Gasteiger charge is -2.52. The van der Waals surface area contributed by atoms with Gasteiger partial charge < -0.3 is 23.7 Å². The van der Waals surface area contributed by atoms with Gasteiger partial charge in [0.25, 0.3) is 5.89 Å². The number of benzene rings is 1. The molecule has 204 valence electrons. The number of halogens is 3. The van der Waals surface area contributed by atoms with Crippen molar-refractivity contribution in [2.45, 2.75) is 39.8 Å². The van der Waals surface area contributed by atoms with Crippen LogP contribution in [0.25, 0.3) is 17.1 Å². The fourth-order valence-corrected chi connectivity index (χ4v) is 4.97. The van der Waals surface area contributed by atoms with Crippen molar-refractivity contribution in [3.8, 4) is 11.5 Å². The number of carboxylic acid groups (broad SMARTS) is 1. The van der Waals surface area contributed by atoms with Crippen LogP contribution in [0.3, 0.4) is 0 Å². The third-order valence-electron chi connectivity index (χ3n) is 6.65. The second kappa shape index (κ2) is 9.71. The molecule has 1 N–H and O–H groups in total. The van der Waals surface area contributed by atoms with Gasteiger partial charge in [-0.3, -0.25) is 4.79 Å². The molecule has 5 rings (SSSR count). The number of rotatable bonds is 6. The van der Waals surface area contributed by atoms with E-state index in [1.807, 2.05) is 20.8 Å². The predicted molar refractivity (Wildman–Crippen MR) is 132 cm³/mol. The fourth-order valence-electron chi connectivity index (χ4n) is 4.97. The van der Waals surface area contributed by atoms with Crippen molar-refractivity contribution in [2.24, 2.45) is 11.3 Å². The molecule has 1 aliphatic rings. The Bertz CT molecular complexity index is 1550. The van der Waals surface area contributed by atoms with Gasteiger partial charge in [-0.1, -0.05) is 26.8 Å². The summed E-state index contributed by atoms with van der Waals surface area (Å²) in [7, 11) is 0. The number of aromatic nitrogens is 4. The molecular formula is C26H25F3N6O4. The zero-order valence-electron chi connectivity index (χ0n) is 21.3. The van der Waals surface area contributed by atoms with Crippen LogP contribution in [0.1, 0.15) is 38.8 Å². The lowest BCUT2D eigenvalue weighted by Crippen LogP contribution is -2.67. The number of alkyl halides is 2. The van der Waals surface area contributed by atoms with Crippen molar-refractivity contribution in [1.29, 1.82) is 0 Å². The molecule has 10 nitrogen and oxygen atoms in total. The van der Waals surface area contributed by atoms with Crippen LogP contribution < -0.4 is 4.90 Å². The van der Waals surface area contributed by atoms with Crippen LogP contribution in [0.5, 0.6) is 0 Å². The first-order valence-electron chi connectivity index (χ1n) is 12.1. The predicted octanol–water partition coefficient (Wildman–Crippen LogP) is 5.02. The van der Waals surface area contributed by atoms with Crippen LogP contribution in [-0.4, -0.2) is 54.2 Å². The SMILES string of the molecule is CC(C)(C)C1C(C(=O)N(Cc2cn3ccc(-c4nnc(C(F)F)o4)cc3n2)c2cccc(F)c2)CN1C(=O)O. The number of carbonyl (C=O) groups excluding carboxylic acids is 1. The second-order valence-electron chi connectivity index (χ2n) is 10.4. The number of hydrogen-bond donors (Lipinski definition) is 1. The molecule has 0 aliphatic carbocycles.